The first-order chi connectivity index (χ1) is 18.8. The average molecular weight is 531 g/mol. The fraction of sp³-hybridized carbons (Fsp3) is 0.333. The van der Waals surface area contributed by atoms with E-state index in [0.717, 1.165) is 5.56 Å². The number of hydrogen-bond acceptors (Lipinski definition) is 9. The molecule has 3 aromatic carbocycles. The lowest BCUT2D eigenvalue weighted by Crippen LogP contribution is -2.61. The van der Waals surface area contributed by atoms with Gasteiger partial charge in [-0.2, -0.15) is 0 Å². The zero-order chi connectivity index (χ0) is 27.6. The maximum absolute atomic E-state index is 13.7. The third-order valence-corrected chi connectivity index (χ3v) is 8.28. The van der Waals surface area contributed by atoms with E-state index in [4.69, 9.17) is 28.7 Å². The Morgan fingerprint density at radius 3 is 2.26 bits per heavy atom. The van der Waals surface area contributed by atoms with E-state index in [1.807, 2.05) is 54.6 Å². The van der Waals surface area contributed by atoms with E-state index in [-0.39, 0.29) is 0 Å². The minimum absolute atomic E-state index is 0.413. The molecule has 39 heavy (non-hydrogen) atoms. The van der Waals surface area contributed by atoms with Gasteiger partial charge in [0.15, 0.2) is 16.9 Å². The molecule has 3 aromatic rings. The van der Waals surface area contributed by atoms with E-state index >= 15 is 0 Å². The predicted molar refractivity (Wildman–Crippen MR) is 142 cm³/mol. The third kappa shape index (κ3) is 2.99. The van der Waals surface area contributed by atoms with Crippen molar-refractivity contribution in [2.45, 2.75) is 29.7 Å². The van der Waals surface area contributed by atoms with Crippen molar-refractivity contribution in [2.24, 2.45) is 10.9 Å². The molecule has 1 fully saturated rings. The molecule has 0 unspecified atom stereocenters. The van der Waals surface area contributed by atoms with E-state index < -0.39 is 34.7 Å². The number of carbonyl (C=O) groups excluding carboxylic acids is 1. The summed E-state index contributed by atoms with van der Waals surface area (Å²) in [5.41, 5.74) is -2.93. The van der Waals surface area contributed by atoms with Crippen LogP contribution in [0.4, 0.5) is 0 Å². The van der Waals surface area contributed by atoms with Gasteiger partial charge in [-0.15, -0.1) is 0 Å². The maximum atomic E-state index is 13.7. The Morgan fingerprint density at radius 1 is 0.949 bits per heavy atom. The molecule has 9 nitrogen and oxygen atoms in total. The van der Waals surface area contributed by atoms with Gasteiger partial charge < -0.3 is 34.1 Å². The highest BCUT2D eigenvalue weighted by atomic mass is 16.5. The van der Waals surface area contributed by atoms with Gasteiger partial charge in [-0.05, 0) is 30.2 Å². The summed E-state index contributed by atoms with van der Waals surface area (Å²) in [6.07, 6.45) is 0. The molecule has 1 spiro atoms. The fourth-order valence-corrected chi connectivity index (χ4v) is 6.93. The lowest BCUT2D eigenvalue weighted by Gasteiger charge is -2.42. The molecule has 0 amide bonds. The lowest BCUT2D eigenvalue weighted by atomic mass is 9.68. The second-order valence-electron chi connectivity index (χ2n) is 9.96. The van der Waals surface area contributed by atoms with Crippen LogP contribution in [0.25, 0.3) is 0 Å². The molecule has 2 N–H and O–H groups in total. The summed E-state index contributed by atoms with van der Waals surface area (Å²) in [7, 11) is 6.01. The van der Waals surface area contributed by atoms with E-state index in [2.05, 4.69) is 5.32 Å². The number of benzene rings is 3. The van der Waals surface area contributed by atoms with E-state index in [0.29, 0.717) is 40.0 Å². The molecular formula is C30H30N2O7. The smallest absolute Gasteiger partial charge is 0.314 e. The summed E-state index contributed by atoms with van der Waals surface area (Å²) in [4.78, 5) is 18.8. The van der Waals surface area contributed by atoms with Crippen LogP contribution in [-0.2, 0) is 20.7 Å². The monoisotopic (exact) mass is 530 g/mol. The van der Waals surface area contributed by atoms with Crippen molar-refractivity contribution in [1.29, 1.82) is 0 Å². The number of methoxy groups -OCH3 is 4. The molecule has 0 radical (unpaired) electrons. The van der Waals surface area contributed by atoms with Gasteiger partial charge in [-0.25, -0.2) is 0 Å². The van der Waals surface area contributed by atoms with Gasteiger partial charge in [0.1, 0.15) is 28.9 Å². The molecule has 6 rings (SSSR count). The minimum Gasteiger partial charge on any atom is -0.497 e. The minimum atomic E-state index is -1.95. The SMILES string of the molecule is COC(=O)[C@@H]1[C@@H](c2ccccc2)[C@]2(c3ccc(OC)cc3)Oc3cc(OC)cc(OC)c3[C@@]23N=C(C)N[C@@]13O. The molecule has 1 aliphatic carbocycles. The Labute approximate surface area is 226 Å². The summed E-state index contributed by atoms with van der Waals surface area (Å²) in [6, 6.07) is 20.4. The number of aliphatic hydroxyl groups is 1. The second-order valence-corrected chi connectivity index (χ2v) is 9.96. The number of rotatable bonds is 6. The van der Waals surface area contributed by atoms with Crippen molar-refractivity contribution in [3.05, 3.63) is 83.4 Å². The number of ether oxygens (including phenoxy) is 5. The largest absolute Gasteiger partial charge is 0.497 e. The van der Waals surface area contributed by atoms with Crippen molar-refractivity contribution in [2.75, 3.05) is 28.4 Å². The third-order valence-electron chi connectivity index (χ3n) is 8.28. The number of nitrogens with one attached hydrogen (secondary N) is 1. The van der Waals surface area contributed by atoms with Crippen LogP contribution < -0.4 is 24.3 Å². The highest BCUT2D eigenvalue weighted by molar-refractivity contribution is 5.90. The second kappa shape index (κ2) is 8.64. The molecule has 2 heterocycles. The van der Waals surface area contributed by atoms with Crippen LogP contribution in [0.1, 0.15) is 29.5 Å². The summed E-state index contributed by atoms with van der Waals surface area (Å²) in [5, 5.41) is 16.0. The highest BCUT2D eigenvalue weighted by Gasteiger charge is 2.86. The van der Waals surface area contributed by atoms with Gasteiger partial charge in [0, 0.05) is 18.1 Å². The van der Waals surface area contributed by atoms with Crippen LogP contribution in [0, 0.1) is 5.92 Å². The van der Waals surface area contributed by atoms with Gasteiger partial charge >= 0.3 is 5.97 Å². The summed E-state index contributed by atoms with van der Waals surface area (Å²) in [5.74, 6) is 0.0130. The fourth-order valence-electron chi connectivity index (χ4n) is 6.93. The quantitative estimate of drug-likeness (QED) is 0.467. The van der Waals surface area contributed by atoms with E-state index in [1.165, 1.54) is 7.11 Å². The zero-order valence-electron chi connectivity index (χ0n) is 22.3. The van der Waals surface area contributed by atoms with Crippen molar-refractivity contribution in [3.8, 4) is 23.0 Å². The number of amidine groups is 1. The normalized spacial score (nSPS) is 29.7. The molecule has 202 valence electrons. The van der Waals surface area contributed by atoms with Crippen molar-refractivity contribution < 1.29 is 33.6 Å². The number of esters is 1. The van der Waals surface area contributed by atoms with Gasteiger partial charge in [-0.3, -0.25) is 9.79 Å². The molecule has 3 aliphatic rings. The summed E-state index contributed by atoms with van der Waals surface area (Å²) < 4.78 is 29.3. The highest BCUT2D eigenvalue weighted by Crippen LogP contribution is 2.75. The topological polar surface area (TPSA) is 108 Å². The first-order valence-electron chi connectivity index (χ1n) is 12.6. The van der Waals surface area contributed by atoms with E-state index in [1.54, 1.807) is 40.4 Å². The van der Waals surface area contributed by atoms with Crippen molar-refractivity contribution in [1.82, 2.24) is 5.32 Å². The Bertz CT molecular complexity index is 1470. The molecular weight excluding hydrogens is 500 g/mol. The molecule has 5 atom stereocenters. The number of fused-ring (bicyclic) bond motifs is 1. The van der Waals surface area contributed by atoms with Crippen LogP contribution in [0.15, 0.2) is 71.7 Å². The summed E-state index contributed by atoms with van der Waals surface area (Å²) in [6.45, 7) is 1.75. The van der Waals surface area contributed by atoms with Gasteiger partial charge in [0.2, 0.25) is 0 Å². The van der Waals surface area contributed by atoms with Gasteiger partial charge in [-0.1, -0.05) is 42.5 Å². The number of aliphatic imine (C=N–C) groups is 1. The first-order valence-corrected chi connectivity index (χ1v) is 12.6. The first kappa shape index (κ1) is 25.1. The Hall–Kier alpha value is -4.24. The molecule has 0 saturated heterocycles. The van der Waals surface area contributed by atoms with Crippen molar-refractivity contribution >= 4 is 11.8 Å². The zero-order valence-corrected chi connectivity index (χ0v) is 22.3. The Kier molecular flexibility index (Phi) is 5.55. The van der Waals surface area contributed by atoms with Gasteiger partial charge in [0.05, 0.1) is 39.8 Å². The molecule has 0 aromatic heterocycles. The van der Waals surface area contributed by atoms with Crippen LogP contribution in [0.5, 0.6) is 23.0 Å². The molecule has 9 heteroatoms. The standard InChI is InChI=1S/C30H30N2O7/c1-17-31-29-25-22(37-4)15-21(36-3)16-23(25)39-28(29,19-11-13-20(35-2)14-12-19)24(18-9-7-6-8-10-18)26(27(33)38-5)30(29,34)32-17/h6-16,24,26,34H,1-5H3,(H,31,32)/t24-,26+,28+,29-,30-/m1/s1. The molecule has 2 aliphatic heterocycles. The number of carbonyl (C=O) groups is 1. The average Bonchev–Trinajstić information content (AvgIpc) is 3.47. The summed E-state index contributed by atoms with van der Waals surface area (Å²) >= 11 is 0. The van der Waals surface area contributed by atoms with Gasteiger partial charge in [0.25, 0.3) is 0 Å². The Morgan fingerprint density at radius 2 is 1.64 bits per heavy atom. The van der Waals surface area contributed by atoms with Crippen LogP contribution in [0.3, 0.4) is 0 Å². The van der Waals surface area contributed by atoms with Crippen LogP contribution in [0.2, 0.25) is 0 Å². The molecule has 1 saturated carbocycles. The molecule has 0 bridgehead atoms. The number of hydrogen-bond donors (Lipinski definition) is 2. The lowest BCUT2D eigenvalue weighted by molar-refractivity contribution is -0.158. The van der Waals surface area contributed by atoms with Crippen molar-refractivity contribution in [3.63, 3.8) is 0 Å². The van der Waals surface area contributed by atoms with Crippen LogP contribution in [-0.4, -0.2) is 51.1 Å². The predicted octanol–water partition coefficient (Wildman–Crippen LogP) is 3.49. The van der Waals surface area contributed by atoms with Crippen LogP contribution >= 0.6 is 0 Å². The van der Waals surface area contributed by atoms with E-state index in [9.17, 15) is 9.90 Å². The maximum Gasteiger partial charge on any atom is 0.314 e. The Balaban J connectivity index is 1.79. The number of nitrogens with zero attached hydrogens (tertiary/aromatic N) is 1.